The van der Waals surface area contributed by atoms with Crippen LogP contribution in [-0.4, -0.2) is 11.9 Å². The summed E-state index contributed by atoms with van der Waals surface area (Å²) in [7, 11) is 0. The number of aliphatic carboxylic acids is 2. The molecule has 0 radical (unpaired) electrons. The van der Waals surface area contributed by atoms with Crippen molar-refractivity contribution < 1.29 is 19.8 Å². The molecule has 0 aromatic heterocycles. The molecule has 0 aliphatic heterocycles. The first-order valence-electron chi connectivity index (χ1n) is 2.51. The second-order valence-electron chi connectivity index (χ2n) is 1.60. The van der Waals surface area contributed by atoms with Gasteiger partial charge in [0.2, 0.25) is 0 Å². The van der Waals surface area contributed by atoms with Gasteiger partial charge in [-0.2, -0.15) is 0 Å². The Bertz CT molecular complexity index is 115. The molecule has 0 heterocycles. The lowest BCUT2D eigenvalue weighted by Gasteiger charge is -2.15. The van der Waals surface area contributed by atoms with Gasteiger partial charge in [0, 0.05) is 5.92 Å². The Balaban J connectivity index is 3.99. The number of hydrogen-bond donors (Lipinski definition) is 0. The quantitative estimate of drug-likeness (QED) is 0.396. The summed E-state index contributed by atoms with van der Waals surface area (Å²) in [5, 5.41) is 19.7. The Labute approximate surface area is 52.1 Å². The second kappa shape index (κ2) is 3.06. The topological polar surface area (TPSA) is 80.3 Å². The number of carboxylic acids is 2. The standard InChI is InChI=1S/C5H8O4/c1-2-3(4(6)7)5(8)9/h3H,2H2,1H3,(H,6,7)(H,8,9)/p-2. The van der Waals surface area contributed by atoms with E-state index in [0.29, 0.717) is 0 Å². The van der Waals surface area contributed by atoms with E-state index < -0.39 is 17.9 Å². The molecule has 0 aliphatic rings. The largest absolute Gasteiger partial charge is 0.549 e. The molecule has 0 aliphatic carbocycles. The van der Waals surface area contributed by atoms with Gasteiger partial charge in [0.1, 0.15) is 0 Å². The van der Waals surface area contributed by atoms with Crippen LogP contribution in [0.5, 0.6) is 0 Å². The van der Waals surface area contributed by atoms with Crippen LogP contribution in [0.2, 0.25) is 0 Å². The third-order valence-corrected chi connectivity index (χ3v) is 0.977. The van der Waals surface area contributed by atoms with Crippen molar-refractivity contribution >= 4 is 11.9 Å². The number of carbonyl (C=O) groups is 2. The highest BCUT2D eigenvalue weighted by atomic mass is 16.4. The summed E-state index contributed by atoms with van der Waals surface area (Å²) >= 11 is 0. The van der Waals surface area contributed by atoms with Crippen molar-refractivity contribution in [2.24, 2.45) is 5.92 Å². The van der Waals surface area contributed by atoms with Crippen molar-refractivity contribution in [1.29, 1.82) is 0 Å². The Morgan fingerprint density at radius 2 is 1.67 bits per heavy atom. The Hall–Kier alpha value is -1.06. The lowest BCUT2D eigenvalue weighted by molar-refractivity contribution is -0.331. The van der Waals surface area contributed by atoms with Crippen LogP contribution >= 0.6 is 0 Å². The van der Waals surface area contributed by atoms with E-state index in [9.17, 15) is 19.8 Å². The highest BCUT2D eigenvalue weighted by Crippen LogP contribution is 1.97. The number of carbonyl (C=O) groups excluding carboxylic acids is 2. The molecule has 0 bridgehead atoms. The highest BCUT2D eigenvalue weighted by Gasteiger charge is 2.06. The van der Waals surface area contributed by atoms with Gasteiger partial charge < -0.3 is 19.8 Å². The molecule has 4 heteroatoms. The highest BCUT2D eigenvalue weighted by molar-refractivity contribution is 5.90. The summed E-state index contributed by atoms with van der Waals surface area (Å²) in [4.78, 5) is 19.7. The van der Waals surface area contributed by atoms with Crippen LogP contribution in [0.3, 0.4) is 0 Å². The fraction of sp³-hybridized carbons (Fsp3) is 0.600. The van der Waals surface area contributed by atoms with Crippen LogP contribution in [0.25, 0.3) is 0 Å². The molecular weight excluding hydrogens is 124 g/mol. The van der Waals surface area contributed by atoms with Crippen LogP contribution in [0.1, 0.15) is 13.3 Å². The zero-order valence-electron chi connectivity index (χ0n) is 4.92. The van der Waals surface area contributed by atoms with Gasteiger partial charge in [-0.3, -0.25) is 0 Å². The maximum atomic E-state index is 9.84. The summed E-state index contributed by atoms with van der Waals surface area (Å²) in [6.45, 7) is 1.44. The van der Waals surface area contributed by atoms with Gasteiger partial charge >= 0.3 is 0 Å². The maximum absolute atomic E-state index is 9.84. The predicted octanol–water partition coefficient (Wildman–Crippen LogP) is -2.49. The van der Waals surface area contributed by atoms with Crippen LogP contribution in [0, 0.1) is 5.92 Å². The lowest BCUT2D eigenvalue weighted by Crippen LogP contribution is -2.42. The van der Waals surface area contributed by atoms with E-state index in [1.165, 1.54) is 6.92 Å². The molecule has 4 nitrogen and oxygen atoms in total. The Morgan fingerprint density at radius 1 is 1.33 bits per heavy atom. The molecule has 0 saturated carbocycles. The van der Waals surface area contributed by atoms with Gasteiger partial charge in [-0.1, -0.05) is 6.92 Å². The average molecular weight is 130 g/mol. The van der Waals surface area contributed by atoms with Crippen LogP contribution in [-0.2, 0) is 9.59 Å². The maximum Gasteiger partial charge on any atom is 0.0501 e. The van der Waals surface area contributed by atoms with Gasteiger partial charge in [-0.25, -0.2) is 0 Å². The lowest BCUT2D eigenvalue weighted by atomic mass is 10.1. The van der Waals surface area contributed by atoms with E-state index in [2.05, 4.69) is 0 Å². The number of carboxylic acid groups (broad SMARTS) is 2. The van der Waals surface area contributed by atoms with Gasteiger partial charge in [0.05, 0.1) is 11.9 Å². The minimum Gasteiger partial charge on any atom is -0.549 e. The molecule has 0 atom stereocenters. The summed E-state index contributed by atoms with van der Waals surface area (Å²) in [6, 6.07) is 0. The second-order valence-corrected chi connectivity index (χ2v) is 1.60. The van der Waals surface area contributed by atoms with Crippen molar-refractivity contribution in [3.8, 4) is 0 Å². The smallest absolute Gasteiger partial charge is 0.0501 e. The molecule has 0 unspecified atom stereocenters. The summed E-state index contributed by atoms with van der Waals surface area (Å²) in [6.07, 6.45) is 0.00463. The zero-order chi connectivity index (χ0) is 7.44. The van der Waals surface area contributed by atoms with Gasteiger partial charge in [0.25, 0.3) is 0 Å². The van der Waals surface area contributed by atoms with Crippen LogP contribution in [0.4, 0.5) is 0 Å². The third kappa shape index (κ3) is 2.12. The van der Waals surface area contributed by atoms with Gasteiger partial charge in [-0.15, -0.1) is 0 Å². The minimum absolute atomic E-state index is 0.00463. The van der Waals surface area contributed by atoms with Crippen LogP contribution < -0.4 is 10.2 Å². The molecule has 9 heavy (non-hydrogen) atoms. The molecule has 0 N–H and O–H groups in total. The molecular formula is C5H6O4-2. The van der Waals surface area contributed by atoms with Crippen molar-refractivity contribution in [3.05, 3.63) is 0 Å². The third-order valence-electron chi connectivity index (χ3n) is 0.977. The van der Waals surface area contributed by atoms with E-state index in [1.807, 2.05) is 0 Å². The van der Waals surface area contributed by atoms with Crippen molar-refractivity contribution in [1.82, 2.24) is 0 Å². The SMILES string of the molecule is CCC(C(=O)[O-])C(=O)[O-]. The van der Waals surface area contributed by atoms with Gasteiger partial charge in [-0.05, 0) is 6.42 Å². The molecule has 0 rings (SSSR count). The molecule has 0 saturated heterocycles. The molecule has 0 amide bonds. The Morgan fingerprint density at radius 3 is 1.67 bits per heavy atom. The van der Waals surface area contributed by atoms with Crippen molar-refractivity contribution in [2.45, 2.75) is 13.3 Å². The first kappa shape index (κ1) is 7.94. The number of hydrogen-bond acceptors (Lipinski definition) is 4. The Kier molecular flexibility index (Phi) is 2.70. The first-order chi connectivity index (χ1) is 4.09. The predicted molar refractivity (Wildman–Crippen MR) is 23.8 cm³/mol. The summed E-state index contributed by atoms with van der Waals surface area (Å²) in [5.41, 5.74) is 0. The van der Waals surface area contributed by atoms with E-state index in [4.69, 9.17) is 0 Å². The normalized spacial score (nSPS) is 9.56. The van der Waals surface area contributed by atoms with Crippen LogP contribution in [0.15, 0.2) is 0 Å². The zero-order valence-corrected chi connectivity index (χ0v) is 4.92. The van der Waals surface area contributed by atoms with Gasteiger partial charge in [0.15, 0.2) is 0 Å². The fourth-order valence-electron chi connectivity index (χ4n) is 0.430. The summed E-state index contributed by atoms with van der Waals surface area (Å²) < 4.78 is 0. The monoisotopic (exact) mass is 130 g/mol. The summed E-state index contributed by atoms with van der Waals surface area (Å²) in [5.74, 6) is -4.64. The fourth-order valence-corrected chi connectivity index (χ4v) is 0.430. The van der Waals surface area contributed by atoms with E-state index in [0.717, 1.165) is 0 Å². The molecule has 0 aromatic rings. The van der Waals surface area contributed by atoms with E-state index in [1.54, 1.807) is 0 Å². The first-order valence-corrected chi connectivity index (χ1v) is 2.51. The van der Waals surface area contributed by atoms with Crippen molar-refractivity contribution in [2.75, 3.05) is 0 Å². The minimum atomic E-state index is -1.59. The average Bonchev–Trinajstić information content (AvgIpc) is 1.64. The van der Waals surface area contributed by atoms with E-state index >= 15 is 0 Å². The molecule has 0 spiro atoms. The number of rotatable bonds is 3. The molecule has 0 fully saturated rings. The molecule has 52 valence electrons. The molecule has 0 aromatic carbocycles. The van der Waals surface area contributed by atoms with Crippen molar-refractivity contribution in [3.63, 3.8) is 0 Å². The van der Waals surface area contributed by atoms with E-state index in [-0.39, 0.29) is 6.42 Å².